The highest BCUT2D eigenvalue weighted by Gasteiger charge is 2.38. The molecule has 2 N–H and O–H groups in total. The van der Waals surface area contributed by atoms with E-state index in [0.717, 1.165) is 0 Å². The molecule has 2 unspecified atom stereocenters. The lowest BCUT2D eigenvalue weighted by atomic mass is 10.3. The Kier molecular flexibility index (Phi) is 6.11. The molecule has 0 amide bonds. The molecule has 0 fully saturated rings. The van der Waals surface area contributed by atoms with Crippen LogP contribution in [0.3, 0.4) is 0 Å². The lowest BCUT2D eigenvalue weighted by molar-refractivity contribution is -0.203. The Morgan fingerprint density at radius 2 is 1.73 bits per heavy atom. The molecule has 2 atom stereocenters. The van der Waals surface area contributed by atoms with Crippen molar-refractivity contribution in [1.29, 1.82) is 0 Å². The largest absolute Gasteiger partial charge is 0.415 e. The molecule has 0 bridgehead atoms. The quantitative estimate of drug-likeness (QED) is 0.654. The molecule has 0 aliphatic rings. The summed E-state index contributed by atoms with van der Waals surface area (Å²) in [5, 5.41) is 11.2. The maximum atomic E-state index is 11.9. The monoisotopic (exact) mass is 231 g/mol. The van der Waals surface area contributed by atoms with E-state index in [9.17, 15) is 13.2 Å². The van der Waals surface area contributed by atoms with Crippen molar-refractivity contribution in [2.45, 2.75) is 31.5 Å². The number of rotatable bonds is 6. The Bertz CT molecular complexity index is 173. The van der Waals surface area contributed by atoms with Crippen molar-refractivity contribution in [3.05, 3.63) is 0 Å². The number of aliphatic hydroxyl groups excluding tert-OH is 1. The summed E-state index contributed by atoms with van der Waals surface area (Å²) >= 11 is 0. The zero-order valence-electron chi connectivity index (χ0n) is 8.84. The highest BCUT2D eigenvalue weighted by Crippen LogP contribution is 2.19. The van der Waals surface area contributed by atoms with Gasteiger partial charge in [0.05, 0.1) is 6.04 Å². The van der Waals surface area contributed by atoms with Crippen LogP contribution < -0.4 is 5.32 Å². The third-order valence-electron chi connectivity index (χ3n) is 1.88. The van der Waals surface area contributed by atoms with E-state index in [1.54, 1.807) is 6.92 Å². The number of aliphatic hydroxyl groups is 1. The van der Waals surface area contributed by atoms with Gasteiger partial charge in [-0.1, -0.05) is 0 Å². The molecule has 0 aromatic rings. The van der Waals surface area contributed by atoms with E-state index in [4.69, 9.17) is 14.6 Å². The molecule has 0 aliphatic carbocycles. The van der Waals surface area contributed by atoms with Gasteiger partial charge in [0.15, 0.2) is 12.4 Å². The van der Waals surface area contributed by atoms with Gasteiger partial charge in [0, 0.05) is 20.8 Å². The fraction of sp³-hybridized carbons (Fsp3) is 1.00. The van der Waals surface area contributed by atoms with Gasteiger partial charge in [-0.05, 0) is 6.92 Å². The first-order valence-electron chi connectivity index (χ1n) is 4.36. The number of hydrogen-bond acceptors (Lipinski definition) is 4. The second-order valence-corrected chi connectivity index (χ2v) is 3.09. The molecule has 0 spiro atoms. The molecule has 0 aromatic heterocycles. The van der Waals surface area contributed by atoms with E-state index in [1.165, 1.54) is 14.2 Å². The molecule has 4 nitrogen and oxygen atoms in total. The van der Waals surface area contributed by atoms with Crippen molar-refractivity contribution >= 4 is 0 Å². The van der Waals surface area contributed by atoms with Crippen molar-refractivity contribution < 1.29 is 27.8 Å². The number of nitrogens with one attached hydrogen (secondary N) is 1. The molecule has 0 saturated heterocycles. The molecule has 7 heteroatoms. The van der Waals surface area contributed by atoms with Crippen LogP contribution in [-0.2, 0) is 9.47 Å². The van der Waals surface area contributed by atoms with Gasteiger partial charge in [0.25, 0.3) is 0 Å². The SMILES string of the molecule is COC(OC)C(C)NCC(O)C(F)(F)F. The number of methoxy groups -OCH3 is 2. The second-order valence-electron chi connectivity index (χ2n) is 3.09. The average Bonchev–Trinajstić information content (AvgIpc) is 2.14. The van der Waals surface area contributed by atoms with Crippen LogP contribution in [-0.4, -0.2) is 50.5 Å². The predicted molar refractivity (Wildman–Crippen MR) is 47.3 cm³/mol. The summed E-state index contributed by atoms with van der Waals surface area (Å²) in [4.78, 5) is 0. The predicted octanol–water partition coefficient (Wildman–Crippen LogP) is 0.507. The summed E-state index contributed by atoms with van der Waals surface area (Å²) in [7, 11) is 2.76. The van der Waals surface area contributed by atoms with E-state index in [1.807, 2.05) is 0 Å². The zero-order chi connectivity index (χ0) is 12.1. The lowest BCUT2D eigenvalue weighted by Crippen LogP contribution is -2.46. The number of hydrogen-bond donors (Lipinski definition) is 2. The molecular formula is C8H16F3NO3. The fourth-order valence-corrected chi connectivity index (χ4v) is 1.01. The van der Waals surface area contributed by atoms with Crippen LogP contribution in [0.5, 0.6) is 0 Å². The summed E-state index contributed by atoms with van der Waals surface area (Å²) in [5.41, 5.74) is 0. The van der Waals surface area contributed by atoms with E-state index in [2.05, 4.69) is 5.32 Å². The number of alkyl halides is 3. The molecule has 0 saturated carbocycles. The number of ether oxygens (including phenoxy) is 2. The fourth-order valence-electron chi connectivity index (χ4n) is 1.01. The van der Waals surface area contributed by atoms with E-state index < -0.39 is 31.2 Å². The topological polar surface area (TPSA) is 50.7 Å². The van der Waals surface area contributed by atoms with Crippen molar-refractivity contribution in [2.24, 2.45) is 0 Å². The summed E-state index contributed by atoms with van der Waals surface area (Å²) in [6.45, 7) is 1.01. The summed E-state index contributed by atoms with van der Waals surface area (Å²) < 4.78 is 45.4. The normalized spacial score (nSPS) is 16.8. The minimum Gasteiger partial charge on any atom is -0.382 e. The van der Waals surface area contributed by atoms with Gasteiger partial charge in [-0.15, -0.1) is 0 Å². The molecule has 0 aromatic carbocycles. The highest BCUT2D eigenvalue weighted by molar-refractivity contribution is 4.72. The Hall–Kier alpha value is -0.370. The maximum Gasteiger partial charge on any atom is 0.415 e. The van der Waals surface area contributed by atoms with Crippen LogP contribution in [0.15, 0.2) is 0 Å². The molecule has 0 heterocycles. The summed E-state index contributed by atoms with van der Waals surface area (Å²) in [5.74, 6) is 0. The molecule has 0 rings (SSSR count). The van der Waals surface area contributed by atoms with Gasteiger partial charge >= 0.3 is 6.18 Å². The Balaban J connectivity index is 3.94. The van der Waals surface area contributed by atoms with Crippen molar-refractivity contribution in [3.8, 4) is 0 Å². The van der Waals surface area contributed by atoms with Crippen molar-refractivity contribution in [1.82, 2.24) is 5.32 Å². The molecule has 0 radical (unpaired) electrons. The molecule has 0 aliphatic heterocycles. The maximum absolute atomic E-state index is 11.9. The van der Waals surface area contributed by atoms with Crippen LogP contribution in [0, 0.1) is 0 Å². The first kappa shape index (κ1) is 14.6. The Morgan fingerprint density at radius 1 is 1.27 bits per heavy atom. The van der Waals surface area contributed by atoms with E-state index >= 15 is 0 Å². The minimum absolute atomic E-state index is 0.447. The van der Waals surface area contributed by atoms with Gasteiger partial charge in [0.2, 0.25) is 0 Å². The van der Waals surface area contributed by atoms with Crippen LogP contribution in [0.25, 0.3) is 0 Å². The Morgan fingerprint density at radius 3 is 2.07 bits per heavy atom. The number of halogens is 3. The smallest absolute Gasteiger partial charge is 0.382 e. The summed E-state index contributed by atoms with van der Waals surface area (Å²) in [6, 6.07) is -0.447. The highest BCUT2D eigenvalue weighted by atomic mass is 19.4. The van der Waals surface area contributed by atoms with E-state index in [0.29, 0.717) is 0 Å². The first-order chi connectivity index (χ1) is 6.82. The Labute approximate surface area is 86.4 Å². The van der Waals surface area contributed by atoms with Crippen LogP contribution in [0.4, 0.5) is 13.2 Å². The van der Waals surface area contributed by atoms with Crippen molar-refractivity contribution in [3.63, 3.8) is 0 Å². The minimum atomic E-state index is -4.61. The van der Waals surface area contributed by atoms with Crippen LogP contribution in [0.1, 0.15) is 6.92 Å². The van der Waals surface area contributed by atoms with Gasteiger partial charge < -0.3 is 19.9 Å². The van der Waals surface area contributed by atoms with Crippen molar-refractivity contribution in [2.75, 3.05) is 20.8 Å². The molecule has 15 heavy (non-hydrogen) atoms. The van der Waals surface area contributed by atoms with Crippen LogP contribution >= 0.6 is 0 Å². The second kappa shape index (κ2) is 6.26. The van der Waals surface area contributed by atoms with Crippen LogP contribution in [0.2, 0.25) is 0 Å². The lowest BCUT2D eigenvalue weighted by Gasteiger charge is -2.24. The third kappa shape index (κ3) is 5.31. The van der Waals surface area contributed by atoms with Gasteiger partial charge in [0.1, 0.15) is 0 Å². The third-order valence-corrected chi connectivity index (χ3v) is 1.88. The van der Waals surface area contributed by atoms with Gasteiger partial charge in [-0.3, -0.25) is 0 Å². The summed E-state index contributed by atoms with van der Waals surface area (Å²) in [6.07, 6.45) is -7.64. The van der Waals surface area contributed by atoms with E-state index in [-0.39, 0.29) is 0 Å². The molecule has 92 valence electrons. The first-order valence-corrected chi connectivity index (χ1v) is 4.36. The average molecular weight is 231 g/mol. The van der Waals surface area contributed by atoms with Gasteiger partial charge in [-0.2, -0.15) is 13.2 Å². The van der Waals surface area contributed by atoms with Gasteiger partial charge in [-0.25, -0.2) is 0 Å². The molecular weight excluding hydrogens is 215 g/mol. The standard InChI is InChI=1S/C8H16F3NO3/c1-5(7(14-2)15-3)12-4-6(13)8(9,10)11/h5-7,12-13H,4H2,1-3H3. The zero-order valence-corrected chi connectivity index (χ0v) is 8.84.